The largest absolute Gasteiger partial charge is 0.462 e. The second kappa shape index (κ2) is 18.5. The fourth-order valence-corrected chi connectivity index (χ4v) is 5.71. The van der Waals surface area contributed by atoms with Crippen molar-refractivity contribution < 1.29 is 19.1 Å². The second-order valence-electron chi connectivity index (χ2n) is 12.4. The number of nitrogens with zero attached hydrogens (tertiary/aromatic N) is 3. The Balaban J connectivity index is 1.78. The number of fused-ring (bicyclic) bond motifs is 1. The third kappa shape index (κ3) is 10.6. The van der Waals surface area contributed by atoms with Crippen LogP contribution < -0.4 is 0 Å². The number of esters is 1. The number of carbonyl (C=O) groups excluding carboxylic acids is 3. The molecule has 2 aromatic heterocycles. The Morgan fingerprint density at radius 1 is 0.778 bits per heavy atom. The summed E-state index contributed by atoms with van der Waals surface area (Å²) in [5, 5.41) is 0. The number of pyridine rings is 1. The summed E-state index contributed by atoms with van der Waals surface area (Å²) < 4.78 is 7.15. The minimum Gasteiger partial charge on any atom is -0.462 e. The summed E-state index contributed by atoms with van der Waals surface area (Å²) in [7, 11) is 0. The van der Waals surface area contributed by atoms with E-state index >= 15 is 0 Å². The number of hydrogen-bond acceptors (Lipinski definition) is 5. The summed E-state index contributed by atoms with van der Waals surface area (Å²) in [6.07, 6.45) is 11.4. The van der Waals surface area contributed by atoms with E-state index in [1.54, 1.807) is 19.9 Å². The van der Waals surface area contributed by atoms with Gasteiger partial charge in [0, 0.05) is 29.4 Å². The molecule has 2 heterocycles. The number of ether oxygens (including phenoxy) is 1. The molecule has 0 N–H and O–H groups in total. The molecular weight excluding hydrogens is 562 g/mol. The van der Waals surface area contributed by atoms with Gasteiger partial charge in [-0.25, -0.2) is 0 Å². The molecule has 0 spiro atoms. The topological polar surface area (TPSA) is 71.3 Å². The molecule has 0 aliphatic carbocycles. The van der Waals surface area contributed by atoms with Crippen LogP contribution in [-0.2, 0) is 22.4 Å². The van der Waals surface area contributed by atoms with Gasteiger partial charge in [-0.1, -0.05) is 64.3 Å². The Hall–Kier alpha value is -3.45. The first-order valence-electron chi connectivity index (χ1n) is 17.2. The number of ketones is 1. The molecule has 0 unspecified atom stereocenters. The monoisotopic (exact) mass is 617 g/mol. The minimum absolute atomic E-state index is 0.0105. The number of benzene rings is 1. The van der Waals surface area contributed by atoms with Crippen LogP contribution in [0.5, 0.6) is 0 Å². The summed E-state index contributed by atoms with van der Waals surface area (Å²) in [4.78, 5) is 43.6. The van der Waals surface area contributed by atoms with E-state index in [1.807, 2.05) is 41.8 Å². The molecule has 0 fully saturated rings. The van der Waals surface area contributed by atoms with Crippen LogP contribution in [0.25, 0.3) is 5.52 Å². The van der Waals surface area contributed by atoms with E-state index in [0.29, 0.717) is 23.4 Å². The van der Waals surface area contributed by atoms with Gasteiger partial charge >= 0.3 is 5.97 Å². The first-order chi connectivity index (χ1) is 21.7. The number of carbonyl (C=O) groups is 3. The Kier molecular flexibility index (Phi) is 14.8. The molecule has 0 aliphatic rings. The molecule has 7 nitrogen and oxygen atoms in total. The molecule has 0 aliphatic heterocycles. The van der Waals surface area contributed by atoms with Crippen molar-refractivity contribution in [2.45, 2.75) is 105 Å². The average molecular weight is 618 g/mol. The summed E-state index contributed by atoms with van der Waals surface area (Å²) in [6, 6.07) is 13.7. The highest BCUT2D eigenvalue weighted by Crippen LogP contribution is 2.24. The van der Waals surface area contributed by atoms with Crippen molar-refractivity contribution in [2.24, 2.45) is 0 Å². The van der Waals surface area contributed by atoms with E-state index in [-0.39, 0.29) is 24.3 Å². The predicted molar refractivity (Wildman–Crippen MR) is 183 cm³/mol. The van der Waals surface area contributed by atoms with E-state index in [9.17, 15) is 14.4 Å². The van der Waals surface area contributed by atoms with Crippen LogP contribution in [0.3, 0.4) is 0 Å². The van der Waals surface area contributed by atoms with Gasteiger partial charge < -0.3 is 18.9 Å². The van der Waals surface area contributed by atoms with Crippen LogP contribution >= 0.6 is 0 Å². The van der Waals surface area contributed by atoms with Crippen molar-refractivity contribution in [3.8, 4) is 0 Å². The molecule has 0 atom stereocenters. The van der Waals surface area contributed by atoms with Crippen molar-refractivity contribution in [2.75, 3.05) is 32.7 Å². The van der Waals surface area contributed by atoms with Gasteiger partial charge in [0.25, 0.3) is 5.91 Å². The fourth-order valence-electron chi connectivity index (χ4n) is 5.71. The summed E-state index contributed by atoms with van der Waals surface area (Å²) in [5.41, 5.74) is 4.84. The maximum Gasteiger partial charge on any atom is 0.325 e. The average Bonchev–Trinajstić information content (AvgIpc) is 3.40. The molecule has 7 heteroatoms. The third-order valence-electron chi connectivity index (χ3n) is 8.28. The highest BCUT2D eigenvalue weighted by molar-refractivity contribution is 6.10. The van der Waals surface area contributed by atoms with E-state index in [4.69, 9.17) is 4.74 Å². The Bertz CT molecular complexity index is 1370. The quantitative estimate of drug-likeness (QED) is 0.0957. The zero-order valence-electron chi connectivity index (χ0n) is 28.6. The second-order valence-corrected chi connectivity index (χ2v) is 12.4. The van der Waals surface area contributed by atoms with Crippen molar-refractivity contribution >= 4 is 23.2 Å². The van der Waals surface area contributed by atoms with Crippen LogP contribution in [0, 0.1) is 0 Å². The maximum atomic E-state index is 13.9. The number of rotatable bonds is 20. The molecule has 3 aromatic rings. The highest BCUT2D eigenvalue weighted by atomic mass is 16.5. The van der Waals surface area contributed by atoms with Crippen molar-refractivity contribution in [3.05, 3.63) is 76.6 Å². The number of likely N-dealkylation sites (N-methyl/N-ethyl adjacent to an activating group) is 1. The lowest BCUT2D eigenvalue weighted by Crippen LogP contribution is -2.37. The Morgan fingerprint density at radius 3 is 2.02 bits per heavy atom. The van der Waals surface area contributed by atoms with E-state index in [1.165, 1.54) is 49.2 Å². The van der Waals surface area contributed by atoms with Crippen molar-refractivity contribution in [1.82, 2.24) is 14.2 Å². The molecule has 0 saturated heterocycles. The number of amides is 1. The van der Waals surface area contributed by atoms with E-state index in [0.717, 1.165) is 49.7 Å². The fraction of sp³-hybridized carbons (Fsp3) is 0.553. The zero-order valence-corrected chi connectivity index (χ0v) is 28.6. The van der Waals surface area contributed by atoms with Gasteiger partial charge in [-0.2, -0.15) is 0 Å². The van der Waals surface area contributed by atoms with Gasteiger partial charge in [0.1, 0.15) is 6.54 Å². The SMILES string of the molecule is CCCCc1cc2cc(C(=O)N(CC)CC(=O)OC(C)C)ccn2c1C(=O)c1ccc(CCCN(CCCC)CCCC)cc1. The molecule has 1 aromatic carbocycles. The van der Waals surface area contributed by atoms with Crippen molar-refractivity contribution in [1.29, 1.82) is 0 Å². The lowest BCUT2D eigenvalue weighted by Gasteiger charge is -2.21. The van der Waals surface area contributed by atoms with Gasteiger partial charge in [0.2, 0.25) is 5.78 Å². The van der Waals surface area contributed by atoms with Gasteiger partial charge in [-0.15, -0.1) is 0 Å². The molecule has 1 amide bonds. The normalized spacial score (nSPS) is 11.5. The molecule has 0 bridgehead atoms. The van der Waals surface area contributed by atoms with Crippen molar-refractivity contribution in [3.63, 3.8) is 0 Å². The molecule has 0 saturated carbocycles. The third-order valence-corrected chi connectivity index (χ3v) is 8.28. The van der Waals surface area contributed by atoms with Crippen LogP contribution in [0.1, 0.15) is 124 Å². The van der Waals surface area contributed by atoms with Gasteiger partial charge in [0.05, 0.1) is 11.8 Å². The summed E-state index contributed by atoms with van der Waals surface area (Å²) in [5.74, 6) is -0.673. The first-order valence-corrected chi connectivity index (χ1v) is 17.2. The van der Waals surface area contributed by atoms with Crippen LogP contribution in [0.4, 0.5) is 0 Å². The Morgan fingerprint density at radius 2 is 1.42 bits per heavy atom. The van der Waals surface area contributed by atoms with Crippen LogP contribution in [0.2, 0.25) is 0 Å². The van der Waals surface area contributed by atoms with E-state index < -0.39 is 5.97 Å². The number of aryl methyl sites for hydroxylation is 2. The summed E-state index contributed by atoms with van der Waals surface area (Å²) >= 11 is 0. The molecule has 246 valence electrons. The minimum atomic E-state index is -0.425. The number of aromatic nitrogens is 1. The first kappa shape index (κ1) is 36.0. The lowest BCUT2D eigenvalue weighted by molar-refractivity contribution is -0.148. The summed E-state index contributed by atoms with van der Waals surface area (Å²) in [6.45, 7) is 15.8. The zero-order chi connectivity index (χ0) is 32.8. The van der Waals surface area contributed by atoms with E-state index in [2.05, 4.69) is 37.8 Å². The number of hydrogen-bond donors (Lipinski definition) is 0. The smallest absolute Gasteiger partial charge is 0.325 e. The van der Waals surface area contributed by atoms with Gasteiger partial charge in [0.15, 0.2) is 0 Å². The van der Waals surface area contributed by atoms with Crippen LogP contribution in [-0.4, -0.2) is 70.7 Å². The van der Waals surface area contributed by atoms with Gasteiger partial charge in [-0.05, 0) is 108 Å². The highest BCUT2D eigenvalue weighted by Gasteiger charge is 2.23. The predicted octanol–water partition coefficient (Wildman–Crippen LogP) is 7.76. The molecular formula is C38H55N3O4. The number of unbranched alkanes of at least 4 members (excludes halogenated alkanes) is 3. The molecule has 0 radical (unpaired) electrons. The standard InChI is InChI=1S/C38H55N3O4/c1-7-11-16-32-26-34-27-33(38(44)40(10-4)28-35(42)45-29(5)6)21-25-41(34)36(32)37(43)31-19-17-30(18-20-31)15-14-24-39(22-12-8-2)23-13-9-3/h17-21,25-27,29H,7-16,22-24,28H2,1-6H3. The molecule has 3 rings (SSSR count). The maximum absolute atomic E-state index is 13.9. The Labute approximate surface area is 270 Å². The van der Waals surface area contributed by atoms with Gasteiger partial charge in [-0.3, -0.25) is 14.4 Å². The van der Waals surface area contributed by atoms with Crippen LogP contribution in [0.15, 0.2) is 48.7 Å². The lowest BCUT2D eigenvalue weighted by atomic mass is 10.00. The molecule has 45 heavy (non-hydrogen) atoms.